The van der Waals surface area contributed by atoms with Crippen LogP contribution in [0.25, 0.3) is 0 Å². The molecule has 0 aliphatic rings. The summed E-state index contributed by atoms with van der Waals surface area (Å²) in [6, 6.07) is 8.75. The van der Waals surface area contributed by atoms with Crippen LogP contribution in [-0.2, 0) is 6.54 Å². The highest BCUT2D eigenvalue weighted by atomic mass is 16.5. The highest BCUT2D eigenvalue weighted by Gasteiger charge is 2.01. The smallest absolute Gasteiger partial charge is 0.119 e. The van der Waals surface area contributed by atoms with Crippen LogP contribution in [0.15, 0.2) is 24.3 Å². The molecule has 0 fully saturated rings. The Hall–Kier alpha value is -1.06. The van der Waals surface area contributed by atoms with Crippen molar-refractivity contribution < 1.29 is 9.84 Å². The number of aliphatic hydroxyl groups excluding tert-OH is 1. The summed E-state index contributed by atoms with van der Waals surface area (Å²) in [4.78, 5) is 0. The van der Waals surface area contributed by atoms with Crippen molar-refractivity contribution in [3.63, 3.8) is 0 Å². The SMILES string of the molecule is CCCCCOc1ccc(CNC(C)CCCO)cc1. The molecule has 20 heavy (non-hydrogen) atoms. The van der Waals surface area contributed by atoms with E-state index in [2.05, 4.69) is 31.3 Å². The van der Waals surface area contributed by atoms with Crippen LogP contribution >= 0.6 is 0 Å². The van der Waals surface area contributed by atoms with Crippen molar-refractivity contribution in [2.75, 3.05) is 13.2 Å². The highest BCUT2D eigenvalue weighted by Crippen LogP contribution is 2.13. The van der Waals surface area contributed by atoms with Crippen LogP contribution in [0.4, 0.5) is 0 Å². The molecule has 1 unspecified atom stereocenters. The lowest BCUT2D eigenvalue weighted by Gasteiger charge is -2.13. The van der Waals surface area contributed by atoms with Gasteiger partial charge in [-0.05, 0) is 43.9 Å². The van der Waals surface area contributed by atoms with Gasteiger partial charge in [-0.1, -0.05) is 31.9 Å². The predicted molar refractivity (Wildman–Crippen MR) is 84.1 cm³/mol. The van der Waals surface area contributed by atoms with Gasteiger partial charge in [0.25, 0.3) is 0 Å². The first-order valence-electron chi connectivity index (χ1n) is 7.82. The third kappa shape index (κ3) is 7.51. The summed E-state index contributed by atoms with van der Waals surface area (Å²) in [6.45, 7) is 6.30. The van der Waals surface area contributed by atoms with Gasteiger partial charge in [0.2, 0.25) is 0 Å². The minimum atomic E-state index is 0.274. The Labute approximate surface area is 123 Å². The Morgan fingerprint density at radius 2 is 1.90 bits per heavy atom. The summed E-state index contributed by atoms with van der Waals surface area (Å²) in [5.41, 5.74) is 1.27. The minimum absolute atomic E-state index is 0.274. The molecule has 0 spiro atoms. The van der Waals surface area contributed by atoms with Gasteiger partial charge in [-0.3, -0.25) is 0 Å². The zero-order chi connectivity index (χ0) is 14.6. The number of aliphatic hydroxyl groups is 1. The number of benzene rings is 1. The summed E-state index contributed by atoms with van der Waals surface area (Å²) in [5.74, 6) is 0.957. The van der Waals surface area contributed by atoms with E-state index in [0.717, 1.165) is 38.2 Å². The van der Waals surface area contributed by atoms with Gasteiger partial charge < -0.3 is 15.2 Å². The van der Waals surface area contributed by atoms with E-state index in [0.29, 0.717) is 6.04 Å². The van der Waals surface area contributed by atoms with E-state index in [1.54, 1.807) is 0 Å². The molecule has 2 N–H and O–H groups in total. The summed E-state index contributed by atoms with van der Waals surface area (Å²) >= 11 is 0. The molecule has 114 valence electrons. The van der Waals surface area contributed by atoms with Crippen LogP contribution in [-0.4, -0.2) is 24.4 Å². The van der Waals surface area contributed by atoms with Crippen LogP contribution in [0, 0.1) is 0 Å². The zero-order valence-corrected chi connectivity index (χ0v) is 12.9. The molecule has 1 aromatic carbocycles. The van der Waals surface area contributed by atoms with Gasteiger partial charge >= 0.3 is 0 Å². The van der Waals surface area contributed by atoms with Crippen LogP contribution in [0.5, 0.6) is 5.75 Å². The van der Waals surface area contributed by atoms with Gasteiger partial charge in [-0.15, -0.1) is 0 Å². The third-order valence-corrected chi connectivity index (χ3v) is 3.39. The van der Waals surface area contributed by atoms with Crippen molar-refractivity contribution in [3.8, 4) is 5.75 Å². The first kappa shape index (κ1) is 17.0. The molecule has 0 heterocycles. The Morgan fingerprint density at radius 3 is 2.55 bits per heavy atom. The van der Waals surface area contributed by atoms with E-state index in [-0.39, 0.29) is 6.61 Å². The van der Waals surface area contributed by atoms with Gasteiger partial charge in [-0.2, -0.15) is 0 Å². The van der Waals surface area contributed by atoms with Gasteiger partial charge in [-0.25, -0.2) is 0 Å². The van der Waals surface area contributed by atoms with E-state index >= 15 is 0 Å². The van der Waals surface area contributed by atoms with E-state index in [4.69, 9.17) is 9.84 Å². The summed E-state index contributed by atoms with van der Waals surface area (Å²) in [7, 11) is 0. The Balaban J connectivity index is 2.24. The second-order valence-corrected chi connectivity index (χ2v) is 5.35. The van der Waals surface area contributed by atoms with Crippen molar-refractivity contribution in [3.05, 3.63) is 29.8 Å². The highest BCUT2D eigenvalue weighted by molar-refractivity contribution is 5.27. The first-order valence-corrected chi connectivity index (χ1v) is 7.82. The number of rotatable bonds is 11. The van der Waals surface area contributed by atoms with Gasteiger partial charge in [0.15, 0.2) is 0 Å². The maximum atomic E-state index is 8.79. The Bertz CT molecular complexity index is 337. The van der Waals surface area contributed by atoms with Crippen LogP contribution in [0.2, 0.25) is 0 Å². The number of nitrogens with one attached hydrogen (secondary N) is 1. The van der Waals surface area contributed by atoms with Crippen molar-refractivity contribution >= 4 is 0 Å². The van der Waals surface area contributed by atoms with Crippen molar-refractivity contribution in [2.45, 2.75) is 58.5 Å². The molecule has 0 saturated carbocycles. The topological polar surface area (TPSA) is 41.5 Å². The molecule has 3 nitrogen and oxygen atoms in total. The zero-order valence-electron chi connectivity index (χ0n) is 12.9. The van der Waals surface area contributed by atoms with Crippen molar-refractivity contribution in [1.29, 1.82) is 0 Å². The molecule has 0 bridgehead atoms. The number of unbranched alkanes of at least 4 members (excludes halogenated alkanes) is 2. The fraction of sp³-hybridized carbons (Fsp3) is 0.647. The minimum Gasteiger partial charge on any atom is -0.494 e. The lowest BCUT2D eigenvalue weighted by Crippen LogP contribution is -2.25. The van der Waals surface area contributed by atoms with Crippen molar-refractivity contribution in [2.24, 2.45) is 0 Å². The van der Waals surface area contributed by atoms with Crippen LogP contribution < -0.4 is 10.1 Å². The molecule has 0 saturated heterocycles. The number of ether oxygens (including phenoxy) is 1. The summed E-state index contributed by atoms with van der Waals surface area (Å²) in [6.07, 6.45) is 5.45. The maximum Gasteiger partial charge on any atom is 0.119 e. The summed E-state index contributed by atoms with van der Waals surface area (Å²) < 4.78 is 5.69. The average Bonchev–Trinajstić information content (AvgIpc) is 2.48. The monoisotopic (exact) mass is 279 g/mol. The third-order valence-electron chi connectivity index (χ3n) is 3.39. The average molecular weight is 279 g/mol. The largest absolute Gasteiger partial charge is 0.494 e. The normalized spacial score (nSPS) is 12.3. The maximum absolute atomic E-state index is 8.79. The van der Waals surface area contributed by atoms with E-state index in [1.165, 1.54) is 18.4 Å². The van der Waals surface area contributed by atoms with Crippen LogP contribution in [0.3, 0.4) is 0 Å². The van der Waals surface area contributed by atoms with Gasteiger partial charge in [0.05, 0.1) is 6.61 Å². The molecule has 1 atom stereocenters. The molecule has 1 rings (SSSR count). The van der Waals surface area contributed by atoms with E-state index in [9.17, 15) is 0 Å². The van der Waals surface area contributed by atoms with Gasteiger partial charge in [0.1, 0.15) is 5.75 Å². The second-order valence-electron chi connectivity index (χ2n) is 5.35. The first-order chi connectivity index (χ1) is 9.76. The molecule has 1 aromatic rings. The molecule has 0 radical (unpaired) electrons. The van der Waals surface area contributed by atoms with E-state index in [1.807, 2.05) is 12.1 Å². The predicted octanol–water partition coefficient (Wildman–Crippen LogP) is 3.51. The standard InChI is InChI=1S/C17H29NO2/c1-3-4-5-13-20-17-10-8-16(9-11-17)14-18-15(2)7-6-12-19/h8-11,15,18-19H,3-7,12-14H2,1-2H3. The molecule has 0 amide bonds. The van der Waals surface area contributed by atoms with Gasteiger partial charge in [0, 0.05) is 19.2 Å². The number of hydrogen-bond donors (Lipinski definition) is 2. The molecule has 3 heteroatoms. The quantitative estimate of drug-likeness (QED) is 0.609. The molecule has 0 aromatic heterocycles. The Kier molecular flexibility index (Phi) is 9.09. The summed E-state index contributed by atoms with van der Waals surface area (Å²) in [5, 5.41) is 12.3. The molecule has 0 aliphatic heterocycles. The second kappa shape index (κ2) is 10.7. The lowest BCUT2D eigenvalue weighted by molar-refractivity contribution is 0.276. The van der Waals surface area contributed by atoms with Crippen LogP contribution in [0.1, 0.15) is 51.5 Å². The Morgan fingerprint density at radius 1 is 1.15 bits per heavy atom. The molecular formula is C17H29NO2. The number of hydrogen-bond acceptors (Lipinski definition) is 3. The lowest BCUT2D eigenvalue weighted by atomic mass is 10.1. The van der Waals surface area contributed by atoms with E-state index < -0.39 is 0 Å². The van der Waals surface area contributed by atoms with Crippen molar-refractivity contribution in [1.82, 2.24) is 5.32 Å². The molecular weight excluding hydrogens is 250 g/mol. The molecule has 0 aliphatic carbocycles. The fourth-order valence-corrected chi connectivity index (χ4v) is 2.04. The fourth-order valence-electron chi connectivity index (χ4n) is 2.04.